The summed E-state index contributed by atoms with van der Waals surface area (Å²) in [6.45, 7) is -0.618. The molecule has 10 heavy (non-hydrogen) atoms. The van der Waals surface area contributed by atoms with Crippen LogP contribution in [0.25, 0.3) is 0 Å². The number of alkyl halides is 2. The Morgan fingerprint density at radius 2 is 2.30 bits per heavy atom. The van der Waals surface area contributed by atoms with Crippen LogP contribution in [0.5, 0.6) is 0 Å². The highest BCUT2D eigenvalue weighted by Gasteiger charge is 2.03. The summed E-state index contributed by atoms with van der Waals surface area (Å²) in [5.41, 5.74) is 0. The van der Waals surface area contributed by atoms with E-state index in [9.17, 15) is 8.78 Å². The van der Waals surface area contributed by atoms with Crippen molar-refractivity contribution in [3.8, 4) is 0 Å². The molecule has 3 nitrogen and oxygen atoms in total. The van der Waals surface area contributed by atoms with E-state index in [1.54, 1.807) is 7.05 Å². The van der Waals surface area contributed by atoms with E-state index in [1.165, 1.54) is 7.05 Å². The fourth-order valence-corrected chi connectivity index (χ4v) is 0.390. The molecule has 0 aromatic rings. The summed E-state index contributed by atoms with van der Waals surface area (Å²) in [7, 11) is 3.01. The number of hydrogen-bond acceptors (Lipinski definition) is 2. The summed E-state index contributed by atoms with van der Waals surface area (Å²) in [6, 6.07) is 0.125. The number of aliphatic imine (C=N–C) groups is 1. The maximum Gasteiger partial charge on any atom is 0.284 e. The van der Waals surface area contributed by atoms with Crippen molar-refractivity contribution in [1.82, 2.24) is 5.32 Å². The lowest BCUT2D eigenvalue weighted by atomic mass is 10.8. The number of amidine groups is 1. The zero-order valence-electron chi connectivity index (χ0n) is 5.90. The predicted molar refractivity (Wildman–Crippen MR) is 34.4 cm³/mol. The fraction of sp³-hybridized carbons (Fsp3) is 0.800. The topological polar surface area (TPSA) is 33.6 Å². The minimum absolute atomic E-state index is 0.125. The SMILES string of the molecule is CN=C(NC)OCC(F)F. The number of rotatable bonds is 2. The minimum Gasteiger partial charge on any atom is -0.459 e. The van der Waals surface area contributed by atoms with Gasteiger partial charge < -0.3 is 10.1 Å². The molecule has 0 aromatic carbocycles. The summed E-state index contributed by atoms with van der Waals surface area (Å²) in [4.78, 5) is 3.53. The van der Waals surface area contributed by atoms with Crippen LogP contribution in [0.4, 0.5) is 8.78 Å². The molecule has 1 N–H and O–H groups in total. The van der Waals surface area contributed by atoms with Crippen LogP contribution in [-0.2, 0) is 4.74 Å². The molecule has 5 heteroatoms. The van der Waals surface area contributed by atoms with Crippen LogP contribution >= 0.6 is 0 Å². The second-order valence-electron chi connectivity index (χ2n) is 1.48. The summed E-state index contributed by atoms with van der Waals surface area (Å²) in [5.74, 6) is 0. The molecule has 0 radical (unpaired) electrons. The highest BCUT2D eigenvalue weighted by Crippen LogP contribution is 1.91. The summed E-state index contributed by atoms with van der Waals surface area (Å²) >= 11 is 0. The zero-order valence-corrected chi connectivity index (χ0v) is 5.90. The van der Waals surface area contributed by atoms with E-state index >= 15 is 0 Å². The van der Waals surface area contributed by atoms with Gasteiger partial charge in [0.1, 0.15) is 0 Å². The van der Waals surface area contributed by atoms with E-state index in [0.717, 1.165) is 0 Å². The summed E-state index contributed by atoms with van der Waals surface area (Å²) in [5, 5.41) is 2.50. The van der Waals surface area contributed by atoms with Crippen LogP contribution in [0.3, 0.4) is 0 Å². The van der Waals surface area contributed by atoms with Gasteiger partial charge in [-0.2, -0.15) is 0 Å². The van der Waals surface area contributed by atoms with Gasteiger partial charge in [-0.1, -0.05) is 0 Å². The van der Waals surface area contributed by atoms with E-state index in [1.807, 2.05) is 0 Å². The molecule has 0 bridgehead atoms. The van der Waals surface area contributed by atoms with Crippen molar-refractivity contribution in [2.75, 3.05) is 20.7 Å². The zero-order chi connectivity index (χ0) is 7.98. The standard InChI is InChI=1S/C5H10F2N2O/c1-8-5(9-2)10-3-4(6)7/h4H,3H2,1-2H3,(H,8,9). The molecule has 0 aromatic heterocycles. The molecule has 0 saturated carbocycles. The number of hydrogen-bond donors (Lipinski definition) is 1. The van der Waals surface area contributed by atoms with Gasteiger partial charge in [-0.3, -0.25) is 0 Å². The second-order valence-corrected chi connectivity index (χ2v) is 1.48. The van der Waals surface area contributed by atoms with Crippen molar-refractivity contribution in [2.24, 2.45) is 4.99 Å². The molecule has 0 spiro atoms. The number of ether oxygens (including phenoxy) is 1. The van der Waals surface area contributed by atoms with Gasteiger partial charge in [-0.25, -0.2) is 13.8 Å². The van der Waals surface area contributed by atoms with Crippen LogP contribution in [0.15, 0.2) is 4.99 Å². The lowest BCUT2D eigenvalue weighted by molar-refractivity contribution is 0.0738. The molecule has 0 aliphatic rings. The molecule has 0 saturated heterocycles. The normalized spacial score (nSPS) is 11.9. The van der Waals surface area contributed by atoms with Crippen LogP contribution in [0, 0.1) is 0 Å². The first kappa shape index (κ1) is 9.13. The van der Waals surface area contributed by atoms with Crippen molar-refractivity contribution in [3.05, 3.63) is 0 Å². The Morgan fingerprint density at radius 3 is 2.60 bits per heavy atom. The first-order chi connectivity index (χ1) is 4.70. The van der Waals surface area contributed by atoms with Gasteiger partial charge in [-0.15, -0.1) is 0 Å². The first-order valence-electron chi connectivity index (χ1n) is 2.76. The molecular formula is C5H10F2N2O. The van der Waals surface area contributed by atoms with Crippen molar-refractivity contribution in [1.29, 1.82) is 0 Å². The third-order valence-electron chi connectivity index (χ3n) is 0.763. The predicted octanol–water partition coefficient (Wildman–Crippen LogP) is 0.473. The number of halogens is 2. The molecule has 0 amide bonds. The van der Waals surface area contributed by atoms with Crippen molar-refractivity contribution < 1.29 is 13.5 Å². The van der Waals surface area contributed by atoms with E-state index in [2.05, 4.69) is 15.0 Å². The smallest absolute Gasteiger partial charge is 0.284 e. The van der Waals surface area contributed by atoms with Crippen LogP contribution < -0.4 is 5.32 Å². The lowest BCUT2D eigenvalue weighted by Crippen LogP contribution is -2.23. The maximum absolute atomic E-state index is 11.5. The Labute approximate surface area is 58.1 Å². The third kappa shape index (κ3) is 4.05. The van der Waals surface area contributed by atoms with Gasteiger partial charge in [-0.05, 0) is 0 Å². The quantitative estimate of drug-likeness (QED) is 0.461. The minimum atomic E-state index is -2.45. The lowest BCUT2D eigenvalue weighted by Gasteiger charge is -2.05. The van der Waals surface area contributed by atoms with E-state index in [0.29, 0.717) is 0 Å². The van der Waals surface area contributed by atoms with Gasteiger partial charge in [0.25, 0.3) is 12.4 Å². The van der Waals surface area contributed by atoms with Crippen LogP contribution in [0.2, 0.25) is 0 Å². The summed E-state index contributed by atoms with van der Waals surface area (Å²) < 4.78 is 27.4. The van der Waals surface area contributed by atoms with Gasteiger partial charge >= 0.3 is 0 Å². The van der Waals surface area contributed by atoms with Gasteiger partial charge in [0, 0.05) is 14.1 Å². The Morgan fingerprint density at radius 1 is 1.70 bits per heavy atom. The van der Waals surface area contributed by atoms with Crippen LogP contribution in [0.1, 0.15) is 0 Å². The molecule has 0 atom stereocenters. The molecule has 0 aliphatic carbocycles. The molecule has 0 aliphatic heterocycles. The first-order valence-corrected chi connectivity index (χ1v) is 2.76. The van der Waals surface area contributed by atoms with Crippen molar-refractivity contribution in [3.63, 3.8) is 0 Å². The molecular weight excluding hydrogens is 142 g/mol. The average Bonchev–Trinajstić information content (AvgIpc) is 1.90. The highest BCUT2D eigenvalue weighted by molar-refractivity contribution is 5.72. The molecule has 0 heterocycles. The Balaban J connectivity index is 3.46. The number of nitrogens with one attached hydrogen (secondary N) is 1. The molecule has 0 fully saturated rings. The third-order valence-corrected chi connectivity index (χ3v) is 0.763. The largest absolute Gasteiger partial charge is 0.459 e. The Bertz CT molecular complexity index is 116. The summed E-state index contributed by atoms with van der Waals surface area (Å²) in [6.07, 6.45) is -2.45. The van der Waals surface area contributed by atoms with E-state index in [4.69, 9.17) is 0 Å². The Hall–Kier alpha value is -0.870. The average molecular weight is 152 g/mol. The monoisotopic (exact) mass is 152 g/mol. The molecule has 0 rings (SSSR count). The number of nitrogens with zero attached hydrogens (tertiary/aromatic N) is 1. The van der Waals surface area contributed by atoms with Crippen molar-refractivity contribution >= 4 is 6.02 Å². The fourth-order valence-electron chi connectivity index (χ4n) is 0.390. The van der Waals surface area contributed by atoms with Crippen molar-refractivity contribution in [2.45, 2.75) is 6.43 Å². The van der Waals surface area contributed by atoms with E-state index in [-0.39, 0.29) is 6.02 Å². The highest BCUT2D eigenvalue weighted by atomic mass is 19.3. The maximum atomic E-state index is 11.5. The molecule has 60 valence electrons. The van der Waals surface area contributed by atoms with Gasteiger partial charge in [0.05, 0.1) is 0 Å². The molecule has 0 unspecified atom stereocenters. The van der Waals surface area contributed by atoms with E-state index < -0.39 is 13.0 Å². The van der Waals surface area contributed by atoms with Crippen LogP contribution in [-0.4, -0.2) is 33.1 Å². The second kappa shape index (κ2) is 4.96. The Kier molecular flexibility index (Phi) is 4.53. The van der Waals surface area contributed by atoms with Gasteiger partial charge in [0.15, 0.2) is 6.61 Å². The van der Waals surface area contributed by atoms with Gasteiger partial charge in [0.2, 0.25) is 0 Å².